The Balaban J connectivity index is 1.51. The molecule has 6 nitrogen and oxygen atoms in total. The van der Waals surface area contributed by atoms with Gasteiger partial charge in [-0.25, -0.2) is 4.39 Å². The summed E-state index contributed by atoms with van der Waals surface area (Å²) in [5.74, 6) is 1.05. The van der Waals surface area contributed by atoms with Crippen molar-refractivity contribution in [3.05, 3.63) is 71.7 Å². The summed E-state index contributed by atoms with van der Waals surface area (Å²) in [5.41, 5.74) is 1.04. The zero-order chi connectivity index (χ0) is 20.2. The molecule has 0 unspecified atom stereocenters. The van der Waals surface area contributed by atoms with Crippen molar-refractivity contribution in [2.24, 2.45) is 0 Å². The standard InChI is InChI=1S/C22H15FN2O4/c23-16-3-1-14(2-4-16)19-8-6-18(29-19)11-15(13-24)22(26)25-17-5-7-20-21(12-17)28-10-9-27-20/h1-8,11-12H,9-10H2,(H,25,26)/b15-11+. The minimum Gasteiger partial charge on any atom is -0.486 e. The van der Waals surface area contributed by atoms with Crippen LogP contribution in [0.2, 0.25) is 0 Å². The molecule has 1 N–H and O–H groups in total. The molecular formula is C22H15FN2O4. The van der Waals surface area contributed by atoms with Crippen molar-refractivity contribution >= 4 is 17.7 Å². The first-order valence-electron chi connectivity index (χ1n) is 8.81. The smallest absolute Gasteiger partial charge is 0.266 e. The van der Waals surface area contributed by atoms with E-state index in [0.717, 1.165) is 0 Å². The molecular weight excluding hydrogens is 375 g/mol. The van der Waals surface area contributed by atoms with Crippen molar-refractivity contribution in [3.8, 4) is 28.9 Å². The average Bonchev–Trinajstić information content (AvgIpc) is 3.21. The van der Waals surface area contributed by atoms with Gasteiger partial charge in [-0.1, -0.05) is 0 Å². The third-order valence-electron chi connectivity index (χ3n) is 4.21. The van der Waals surface area contributed by atoms with E-state index >= 15 is 0 Å². The fourth-order valence-electron chi connectivity index (χ4n) is 2.81. The third kappa shape index (κ3) is 4.12. The van der Waals surface area contributed by atoms with Crippen LogP contribution < -0.4 is 14.8 Å². The second kappa shape index (κ2) is 7.90. The summed E-state index contributed by atoms with van der Waals surface area (Å²) in [6, 6.07) is 16.0. The van der Waals surface area contributed by atoms with Gasteiger partial charge in [-0.15, -0.1) is 0 Å². The summed E-state index contributed by atoms with van der Waals surface area (Å²) in [6.45, 7) is 0.908. The van der Waals surface area contributed by atoms with Crippen LogP contribution in [0.25, 0.3) is 17.4 Å². The van der Waals surface area contributed by atoms with Crippen molar-refractivity contribution in [2.45, 2.75) is 0 Å². The maximum absolute atomic E-state index is 13.1. The predicted octanol–water partition coefficient (Wildman–Crippen LogP) is 4.40. The molecule has 144 valence electrons. The minimum atomic E-state index is -0.580. The molecule has 0 saturated heterocycles. The number of nitrogens with zero attached hydrogens (tertiary/aromatic N) is 1. The van der Waals surface area contributed by atoms with Gasteiger partial charge in [0.1, 0.15) is 42.2 Å². The lowest BCUT2D eigenvalue weighted by Crippen LogP contribution is -2.17. The summed E-state index contributed by atoms with van der Waals surface area (Å²) in [7, 11) is 0. The fourth-order valence-corrected chi connectivity index (χ4v) is 2.81. The summed E-state index contributed by atoms with van der Waals surface area (Å²) >= 11 is 0. The molecule has 0 spiro atoms. The number of halogens is 1. The average molecular weight is 390 g/mol. The molecule has 4 rings (SSSR count). The minimum absolute atomic E-state index is 0.125. The Hall–Kier alpha value is -4.05. The number of benzene rings is 2. The SMILES string of the molecule is N#C/C(=C\c1ccc(-c2ccc(F)cc2)o1)C(=O)Nc1ccc2c(c1)OCCO2. The van der Waals surface area contributed by atoms with Gasteiger partial charge in [0.15, 0.2) is 11.5 Å². The number of amides is 1. The molecule has 1 aliphatic rings. The topological polar surface area (TPSA) is 84.5 Å². The number of carbonyl (C=O) groups is 1. The van der Waals surface area contributed by atoms with Crippen LogP contribution in [0.3, 0.4) is 0 Å². The van der Waals surface area contributed by atoms with E-state index in [4.69, 9.17) is 13.9 Å². The van der Waals surface area contributed by atoms with E-state index in [1.165, 1.54) is 18.2 Å². The molecule has 7 heteroatoms. The maximum Gasteiger partial charge on any atom is 0.266 e. The van der Waals surface area contributed by atoms with Crippen LogP contribution in [0.1, 0.15) is 5.76 Å². The van der Waals surface area contributed by atoms with Crippen molar-refractivity contribution < 1.29 is 23.1 Å². The quantitative estimate of drug-likeness (QED) is 0.527. The van der Waals surface area contributed by atoms with Gasteiger partial charge in [-0.3, -0.25) is 4.79 Å². The highest BCUT2D eigenvalue weighted by Gasteiger charge is 2.15. The van der Waals surface area contributed by atoms with Crippen molar-refractivity contribution in [1.82, 2.24) is 0 Å². The first-order valence-corrected chi connectivity index (χ1v) is 8.81. The van der Waals surface area contributed by atoms with E-state index in [9.17, 15) is 14.4 Å². The number of fused-ring (bicyclic) bond motifs is 1. The third-order valence-corrected chi connectivity index (χ3v) is 4.21. The van der Waals surface area contributed by atoms with E-state index in [1.807, 2.05) is 6.07 Å². The van der Waals surface area contributed by atoms with Crippen LogP contribution in [0.5, 0.6) is 11.5 Å². The number of nitrogens with one attached hydrogen (secondary N) is 1. The monoisotopic (exact) mass is 390 g/mol. The number of hydrogen-bond donors (Lipinski definition) is 1. The normalized spacial score (nSPS) is 12.9. The Morgan fingerprint density at radius 3 is 2.55 bits per heavy atom. The van der Waals surface area contributed by atoms with Gasteiger partial charge in [-0.05, 0) is 48.5 Å². The molecule has 0 fully saturated rings. The van der Waals surface area contributed by atoms with Gasteiger partial charge in [-0.2, -0.15) is 5.26 Å². The molecule has 2 aromatic carbocycles. The lowest BCUT2D eigenvalue weighted by Gasteiger charge is -2.18. The lowest BCUT2D eigenvalue weighted by atomic mass is 10.2. The molecule has 0 radical (unpaired) electrons. The molecule has 1 aliphatic heterocycles. The first kappa shape index (κ1) is 18.3. The maximum atomic E-state index is 13.1. The van der Waals surface area contributed by atoms with E-state index in [-0.39, 0.29) is 11.4 Å². The molecule has 3 aromatic rings. The second-order valence-electron chi connectivity index (χ2n) is 6.19. The van der Waals surface area contributed by atoms with Crippen LogP contribution in [0, 0.1) is 17.1 Å². The number of hydrogen-bond acceptors (Lipinski definition) is 5. The van der Waals surface area contributed by atoms with Crippen molar-refractivity contribution in [3.63, 3.8) is 0 Å². The number of anilines is 1. The van der Waals surface area contributed by atoms with Crippen LogP contribution in [0.4, 0.5) is 10.1 Å². The zero-order valence-corrected chi connectivity index (χ0v) is 15.1. The van der Waals surface area contributed by atoms with Gasteiger partial charge < -0.3 is 19.2 Å². The summed E-state index contributed by atoms with van der Waals surface area (Å²) < 4.78 is 29.6. The number of nitriles is 1. The number of furan rings is 1. The number of carbonyl (C=O) groups excluding carboxylic acids is 1. The summed E-state index contributed by atoms with van der Waals surface area (Å²) in [6.07, 6.45) is 1.35. The van der Waals surface area contributed by atoms with Crippen LogP contribution in [-0.2, 0) is 4.79 Å². The van der Waals surface area contributed by atoms with E-state index < -0.39 is 5.91 Å². The van der Waals surface area contributed by atoms with Gasteiger partial charge >= 0.3 is 0 Å². The first-order chi connectivity index (χ1) is 14.1. The highest BCUT2D eigenvalue weighted by Crippen LogP contribution is 2.32. The highest BCUT2D eigenvalue weighted by molar-refractivity contribution is 6.09. The predicted molar refractivity (Wildman–Crippen MR) is 104 cm³/mol. The fraction of sp³-hybridized carbons (Fsp3) is 0.0909. The van der Waals surface area contributed by atoms with Crippen molar-refractivity contribution in [2.75, 3.05) is 18.5 Å². The molecule has 0 aliphatic carbocycles. The number of rotatable bonds is 4. The summed E-state index contributed by atoms with van der Waals surface area (Å²) in [4.78, 5) is 12.5. The van der Waals surface area contributed by atoms with Crippen LogP contribution >= 0.6 is 0 Å². The van der Waals surface area contributed by atoms with Gasteiger partial charge in [0.2, 0.25) is 0 Å². The zero-order valence-electron chi connectivity index (χ0n) is 15.1. The second-order valence-corrected chi connectivity index (χ2v) is 6.19. The molecule has 0 saturated carbocycles. The Labute approximate surface area is 165 Å². The Morgan fingerprint density at radius 1 is 1.03 bits per heavy atom. The van der Waals surface area contributed by atoms with E-state index in [1.54, 1.807) is 42.5 Å². The molecule has 0 atom stereocenters. The summed E-state index contributed by atoms with van der Waals surface area (Å²) in [5, 5.41) is 12.0. The molecule has 0 bridgehead atoms. The van der Waals surface area contributed by atoms with E-state index in [2.05, 4.69) is 5.32 Å². The highest BCUT2D eigenvalue weighted by atomic mass is 19.1. The Morgan fingerprint density at radius 2 is 1.79 bits per heavy atom. The van der Waals surface area contributed by atoms with E-state index in [0.29, 0.717) is 47.5 Å². The van der Waals surface area contributed by atoms with Gasteiger partial charge in [0.25, 0.3) is 5.91 Å². The lowest BCUT2D eigenvalue weighted by molar-refractivity contribution is -0.112. The Kier molecular flexibility index (Phi) is 4.99. The van der Waals surface area contributed by atoms with Crippen LogP contribution in [-0.4, -0.2) is 19.1 Å². The van der Waals surface area contributed by atoms with Crippen molar-refractivity contribution in [1.29, 1.82) is 5.26 Å². The largest absolute Gasteiger partial charge is 0.486 e. The number of ether oxygens (including phenoxy) is 2. The molecule has 1 amide bonds. The molecule has 1 aromatic heterocycles. The van der Waals surface area contributed by atoms with Crippen LogP contribution in [0.15, 0.2) is 64.6 Å². The van der Waals surface area contributed by atoms with Gasteiger partial charge in [0, 0.05) is 23.4 Å². The Bertz CT molecular complexity index is 1130. The molecule has 29 heavy (non-hydrogen) atoms. The van der Waals surface area contributed by atoms with Gasteiger partial charge in [0.05, 0.1) is 0 Å². The molecule has 2 heterocycles.